The Bertz CT molecular complexity index is 786. The first-order valence-corrected chi connectivity index (χ1v) is 7.51. The average Bonchev–Trinajstić information content (AvgIpc) is 2.59. The third-order valence-corrected chi connectivity index (χ3v) is 3.71. The number of anilines is 3. The SMILES string of the molecule is Cc1cccc(Nc2cc(NCc3ccccn3)ncn2)c1C. The van der Waals surface area contributed by atoms with Gasteiger partial charge < -0.3 is 10.6 Å². The summed E-state index contributed by atoms with van der Waals surface area (Å²) in [4.78, 5) is 12.8. The monoisotopic (exact) mass is 305 g/mol. The quantitative estimate of drug-likeness (QED) is 0.750. The third-order valence-electron chi connectivity index (χ3n) is 3.71. The van der Waals surface area contributed by atoms with Crippen LogP contribution in [0, 0.1) is 13.8 Å². The van der Waals surface area contributed by atoms with Gasteiger partial charge in [-0.25, -0.2) is 9.97 Å². The molecule has 5 heteroatoms. The molecule has 0 saturated heterocycles. The number of aromatic nitrogens is 3. The molecule has 0 aliphatic carbocycles. The lowest BCUT2D eigenvalue weighted by Crippen LogP contribution is -2.04. The standard InChI is InChI=1S/C18H19N5/c1-13-6-5-8-16(14(13)2)23-18-10-17(21-12-22-18)20-11-15-7-3-4-9-19-15/h3-10,12H,11H2,1-2H3,(H2,20,21,22,23). The first-order valence-electron chi connectivity index (χ1n) is 7.51. The normalized spacial score (nSPS) is 10.3. The van der Waals surface area contributed by atoms with Crippen LogP contribution in [0.25, 0.3) is 0 Å². The molecule has 2 N–H and O–H groups in total. The molecule has 116 valence electrons. The van der Waals surface area contributed by atoms with Crippen molar-refractivity contribution in [3.8, 4) is 0 Å². The molecule has 0 amide bonds. The minimum absolute atomic E-state index is 0.626. The Balaban J connectivity index is 1.71. The molecule has 0 spiro atoms. The van der Waals surface area contributed by atoms with Gasteiger partial charge >= 0.3 is 0 Å². The Morgan fingerprint density at radius 1 is 0.913 bits per heavy atom. The van der Waals surface area contributed by atoms with Crippen LogP contribution in [0.4, 0.5) is 17.3 Å². The summed E-state index contributed by atoms with van der Waals surface area (Å²) in [6.07, 6.45) is 3.33. The van der Waals surface area contributed by atoms with E-state index in [1.54, 1.807) is 12.5 Å². The lowest BCUT2D eigenvalue weighted by Gasteiger charge is -2.11. The van der Waals surface area contributed by atoms with Gasteiger partial charge in [0.25, 0.3) is 0 Å². The van der Waals surface area contributed by atoms with Crippen LogP contribution in [0.3, 0.4) is 0 Å². The molecule has 1 aromatic carbocycles. The molecule has 23 heavy (non-hydrogen) atoms. The molecule has 0 aliphatic rings. The van der Waals surface area contributed by atoms with Crippen LogP contribution >= 0.6 is 0 Å². The Labute approximate surface area is 135 Å². The van der Waals surface area contributed by atoms with E-state index in [9.17, 15) is 0 Å². The molecule has 0 saturated carbocycles. The first kappa shape index (κ1) is 15.0. The molecule has 0 fully saturated rings. The molecule has 3 rings (SSSR count). The van der Waals surface area contributed by atoms with Crippen molar-refractivity contribution in [2.45, 2.75) is 20.4 Å². The molecule has 0 radical (unpaired) electrons. The number of nitrogens with one attached hydrogen (secondary N) is 2. The van der Waals surface area contributed by atoms with E-state index in [-0.39, 0.29) is 0 Å². The zero-order valence-corrected chi connectivity index (χ0v) is 13.2. The smallest absolute Gasteiger partial charge is 0.135 e. The van der Waals surface area contributed by atoms with Crippen molar-refractivity contribution in [2.75, 3.05) is 10.6 Å². The molecule has 3 aromatic rings. The van der Waals surface area contributed by atoms with Crippen LogP contribution in [0.1, 0.15) is 16.8 Å². The molecule has 2 heterocycles. The average molecular weight is 305 g/mol. The van der Waals surface area contributed by atoms with E-state index in [0.717, 1.165) is 23.0 Å². The lowest BCUT2D eigenvalue weighted by atomic mass is 10.1. The van der Waals surface area contributed by atoms with Gasteiger partial charge in [0.05, 0.1) is 12.2 Å². The molecule has 0 aliphatic heterocycles. The van der Waals surface area contributed by atoms with Gasteiger partial charge in [-0.15, -0.1) is 0 Å². The number of rotatable bonds is 5. The molecular weight excluding hydrogens is 286 g/mol. The largest absolute Gasteiger partial charge is 0.364 e. The van der Waals surface area contributed by atoms with E-state index >= 15 is 0 Å². The van der Waals surface area contributed by atoms with E-state index in [4.69, 9.17) is 0 Å². The van der Waals surface area contributed by atoms with E-state index in [2.05, 4.69) is 45.5 Å². The zero-order valence-electron chi connectivity index (χ0n) is 13.2. The van der Waals surface area contributed by atoms with Crippen LogP contribution < -0.4 is 10.6 Å². The highest BCUT2D eigenvalue weighted by Gasteiger charge is 2.04. The second kappa shape index (κ2) is 6.87. The van der Waals surface area contributed by atoms with E-state index < -0.39 is 0 Å². The van der Waals surface area contributed by atoms with Crippen molar-refractivity contribution in [2.24, 2.45) is 0 Å². The summed E-state index contributed by atoms with van der Waals surface area (Å²) in [5, 5.41) is 6.60. The number of hydrogen-bond donors (Lipinski definition) is 2. The predicted octanol–water partition coefficient (Wildman–Crippen LogP) is 3.84. The maximum absolute atomic E-state index is 4.28. The van der Waals surface area contributed by atoms with E-state index in [1.165, 1.54) is 11.1 Å². The van der Waals surface area contributed by atoms with Crippen LogP contribution in [0.15, 0.2) is 55.0 Å². The van der Waals surface area contributed by atoms with Crippen molar-refractivity contribution in [3.63, 3.8) is 0 Å². The van der Waals surface area contributed by atoms with Gasteiger partial charge in [-0.2, -0.15) is 0 Å². The fourth-order valence-corrected chi connectivity index (χ4v) is 2.23. The molecule has 0 unspecified atom stereocenters. The van der Waals surface area contributed by atoms with Crippen LogP contribution in [-0.4, -0.2) is 15.0 Å². The topological polar surface area (TPSA) is 62.7 Å². The predicted molar refractivity (Wildman–Crippen MR) is 92.8 cm³/mol. The minimum atomic E-state index is 0.626. The van der Waals surface area contributed by atoms with Crippen molar-refractivity contribution < 1.29 is 0 Å². The number of pyridine rings is 1. The van der Waals surface area contributed by atoms with Crippen molar-refractivity contribution >= 4 is 17.3 Å². The van der Waals surface area contributed by atoms with E-state index in [0.29, 0.717) is 6.54 Å². The molecule has 0 bridgehead atoms. The van der Waals surface area contributed by atoms with Crippen LogP contribution in [-0.2, 0) is 6.54 Å². The Kier molecular flexibility index (Phi) is 4.47. The Morgan fingerprint density at radius 3 is 2.61 bits per heavy atom. The summed E-state index contributed by atoms with van der Waals surface area (Å²) in [7, 11) is 0. The molecular formula is C18H19N5. The molecule has 0 atom stereocenters. The minimum Gasteiger partial charge on any atom is -0.364 e. The van der Waals surface area contributed by atoms with Crippen LogP contribution in [0.2, 0.25) is 0 Å². The van der Waals surface area contributed by atoms with Crippen molar-refractivity contribution in [1.82, 2.24) is 15.0 Å². The van der Waals surface area contributed by atoms with E-state index in [1.807, 2.05) is 36.4 Å². The second-order valence-electron chi connectivity index (χ2n) is 5.34. The summed E-state index contributed by atoms with van der Waals surface area (Å²) in [5.74, 6) is 1.52. The Hall–Kier alpha value is -2.95. The molecule has 5 nitrogen and oxygen atoms in total. The first-order chi connectivity index (χ1) is 11.2. The van der Waals surface area contributed by atoms with Crippen molar-refractivity contribution in [1.29, 1.82) is 0 Å². The van der Waals surface area contributed by atoms with Gasteiger partial charge in [-0.1, -0.05) is 18.2 Å². The van der Waals surface area contributed by atoms with Gasteiger partial charge in [0, 0.05) is 18.0 Å². The summed E-state index contributed by atoms with van der Waals surface area (Å²) < 4.78 is 0. The van der Waals surface area contributed by atoms with Gasteiger partial charge in [0.2, 0.25) is 0 Å². The summed E-state index contributed by atoms with van der Waals surface area (Å²) in [6.45, 7) is 4.82. The number of hydrogen-bond acceptors (Lipinski definition) is 5. The highest BCUT2D eigenvalue weighted by atomic mass is 15.1. The molecule has 2 aromatic heterocycles. The summed E-state index contributed by atoms with van der Waals surface area (Å²) in [5.41, 5.74) is 4.49. The second-order valence-corrected chi connectivity index (χ2v) is 5.34. The highest BCUT2D eigenvalue weighted by Crippen LogP contribution is 2.22. The van der Waals surface area contributed by atoms with Gasteiger partial charge in [0.1, 0.15) is 18.0 Å². The number of nitrogens with zero attached hydrogens (tertiary/aromatic N) is 3. The third kappa shape index (κ3) is 3.83. The maximum atomic E-state index is 4.28. The lowest BCUT2D eigenvalue weighted by molar-refractivity contribution is 1.02. The maximum Gasteiger partial charge on any atom is 0.135 e. The van der Waals surface area contributed by atoms with Gasteiger partial charge in [0.15, 0.2) is 0 Å². The Morgan fingerprint density at radius 2 is 1.78 bits per heavy atom. The van der Waals surface area contributed by atoms with Crippen LogP contribution in [0.5, 0.6) is 0 Å². The highest BCUT2D eigenvalue weighted by molar-refractivity contribution is 5.63. The van der Waals surface area contributed by atoms with Gasteiger partial charge in [-0.05, 0) is 43.2 Å². The fraction of sp³-hybridized carbons (Fsp3) is 0.167. The number of aryl methyl sites for hydroxylation is 1. The zero-order chi connectivity index (χ0) is 16.1. The summed E-state index contributed by atoms with van der Waals surface area (Å²) in [6, 6.07) is 13.9. The van der Waals surface area contributed by atoms with Gasteiger partial charge in [-0.3, -0.25) is 4.98 Å². The van der Waals surface area contributed by atoms with Crippen molar-refractivity contribution in [3.05, 3.63) is 71.8 Å². The summed E-state index contributed by atoms with van der Waals surface area (Å²) >= 11 is 0. The number of benzene rings is 1. The fourth-order valence-electron chi connectivity index (χ4n) is 2.23.